The summed E-state index contributed by atoms with van der Waals surface area (Å²) in [6.07, 6.45) is 1.47. The third-order valence-corrected chi connectivity index (χ3v) is 4.96. The summed E-state index contributed by atoms with van der Waals surface area (Å²) in [7, 11) is 0. The first-order valence-electron chi connectivity index (χ1n) is 9.51. The smallest absolute Gasteiger partial charge is 0.226 e. The number of fused-ring (bicyclic) bond motifs is 3. The highest BCUT2D eigenvalue weighted by molar-refractivity contribution is 5.92. The lowest BCUT2D eigenvalue weighted by Crippen LogP contribution is -2.28. The molecule has 0 spiro atoms. The summed E-state index contributed by atoms with van der Waals surface area (Å²) in [6.45, 7) is 0.327. The number of rotatable bonds is 6. The van der Waals surface area contributed by atoms with E-state index in [-0.39, 0.29) is 18.2 Å². The van der Waals surface area contributed by atoms with Crippen molar-refractivity contribution in [3.05, 3.63) is 89.5 Å². The van der Waals surface area contributed by atoms with Gasteiger partial charge in [-0.15, -0.1) is 0 Å². The molecule has 0 radical (unpaired) electrons. The zero-order valence-corrected chi connectivity index (χ0v) is 15.6. The van der Waals surface area contributed by atoms with E-state index in [1.165, 1.54) is 22.3 Å². The molecule has 4 heteroatoms. The minimum absolute atomic E-state index is 0.0747. The second-order valence-electron chi connectivity index (χ2n) is 7.02. The Kier molecular flexibility index (Phi) is 5.20. The number of hydrogen-bond acceptors (Lipinski definition) is 2. The Morgan fingerprint density at radius 3 is 2.39 bits per heavy atom. The van der Waals surface area contributed by atoms with Gasteiger partial charge in [0.25, 0.3) is 0 Å². The van der Waals surface area contributed by atoms with Crippen LogP contribution in [-0.2, 0) is 22.4 Å². The molecule has 140 valence electrons. The molecule has 4 rings (SSSR count). The van der Waals surface area contributed by atoms with Crippen molar-refractivity contribution >= 4 is 17.5 Å². The van der Waals surface area contributed by atoms with Crippen LogP contribution >= 0.6 is 0 Å². The first kappa shape index (κ1) is 18.0. The van der Waals surface area contributed by atoms with Gasteiger partial charge in [0.2, 0.25) is 11.8 Å². The predicted octanol–water partition coefficient (Wildman–Crippen LogP) is 3.95. The molecule has 1 aliphatic rings. The van der Waals surface area contributed by atoms with Gasteiger partial charge in [0.05, 0.1) is 6.42 Å². The lowest BCUT2D eigenvalue weighted by Gasteiger charge is -2.09. The monoisotopic (exact) mass is 370 g/mol. The summed E-state index contributed by atoms with van der Waals surface area (Å²) < 4.78 is 0. The minimum atomic E-state index is -0.101. The number of amides is 2. The van der Waals surface area contributed by atoms with E-state index in [4.69, 9.17) is 0 Å². The van der Waals surface area contributed by atoms with Gasteiger partial charge in [-0.05, 0) is 46.4 Å². The summed E-state index contributed by atoms with van der Waals surface area (Å²) in [5, 5.41) is 5.73. The fourth-order valence-corrected chi connectivity index (χ4v) is 3.61. The third kappa shape index (κ3) is 4.12. The Bertz CT molecular complexity index is 1010. The van der Waals surface area contributed by atoms with Crippen molar-refractivity contribution in [2.24, 2.45) is 0 Å². The van der Waals surface area contributed by atoms with Crippen molar-refractivity contribution in [1.82, 2.24) is 5.32 Å². The van der Waals surface area contributed by atoms with Gasteiger partial charge in [-0.3, -0.25) is 9.59 Å². The third-order valence-electron chi connectivity index (χ3n) is 4.96. The van der Waals surface area contributed by atoms with Crippen LogP contribution in [0.25, 0.3) is 11.1 Å². The molecule has 2 amide bonds. The molecule has 28 heavy (non-hydrogen) atoms. The van der Waals surface area contributed by atoms with E-state index in [0.717, 1.165) is 17.7 Å². The molecule has 0 saturated carbocycles. The first-order chi connectivity index (χ1) is 13.7. The maximum atomic E-state index is 12.2. The maximum absolute atomic E-state index is 12.2. The fourth-order valence-electron chi connectivity index (χ4n) is 3.61. The molecule has 0 saturated heterocycles. The molecule has 0 fully saturated rings. The van der Waals surface area contributed by atoms with Crippen molar-refractivity contribution in [3.63, 3.8) is 0 Å². The number of hydrogen-bond donors (Lipinski definition) is 2. The van der Waals surface area contributed by atoms with Crippen molar-refractivity contribution in [3.8, 4) is 11.1 Å². The summed E-state index contributed by atoms with van der Waals surface area (Å²) in [4.78, 5) is 24.2. The van der Waals surface area contributed by atoms with Crippen LogP contribution in [0.1, 0.15) is 23.1 Å². The minimum Gasteiger partial charge on any atom is -0.355 e. The second kappa shape index (κ2) is 8.09. The SMILES string of the molecule is O=C(Cc1ccccc1)NCCC(=O)Nc1ccc2c(c1)Cc1ccccc1-2. The Morgan fingerprint density at radius 2 is 1.54 bits per heavy atom. The lowest BCUT2D eigenvalue weighted by atomic mass is 10.1. The molecule has 4 nitrogen and oxygen atoms in total. The fraction of sp³-hybridized carbons (Fsp3) is 0.167. The lowest BCUT2D eigenvalue weighted by molar-refractivity contribution is -0.120. The molecule has 2 N–H and O–H groups in total. The van der Waals surface area contributed by atoms with Crippen LogP contribution in [0.3, 0.4) is 0 Å². The van der Waals surface area contributed by atoms with Crippen LogP contribution in [0, 0.1) is 0 Å². The van der Waals surface area contributed by atoms with Gasteiger partial charge in [-0.25, -0.2) is 0 Å². The van der Waals surface area contributed by atoms with Crippen LogP contribution in [0.4, 0.5) is 5.69 Å². The molecular formula is C24H22N2O2. The molecule has 0 aromatic heterocycles. The number of carbonyl (C=O) groups excluding carboxylic acids is 2. The Balaban J connectivity index is 1.27. The number of benzene rings is 3. The largest absolute Gasteiger partial charge is 0.355 e. The summed E-state index contributed by atoms with van der Waals surface area (Å²) in [5.41, 5.74) is 6.83. The van der Waals surface area contributed by atoms with E-state index in [1.807, 2.05) is 42.5 Å². The van der Waals surface area contributed by atoms with Crippen molar-refractivity contribution < 1.29 is 9.59 Å². The van der Waals surface area contributed by atoms with Crippen LogP contribution in [-0.4, -0.2) is 18.4 Å². The molecule has 0 unspecified atom stereocenters. The molecule has 0 bridgehead atoms. The average Bonchev–Trinajstić information content (AvgIpc) is 3.06. The Morgan fingerprint density at radius 1 is 0.786 bits per heavy atom. The highest BCUT2D eigenvalue weighted by Gasteiger charge is 2.18. The zero-order valence-electron chi connectivity index (χ0n) is 15.6. The van der Waals surface area contributed by atoms with E-state index < -0.39 is 0 Å². The highest BCUT2D eigenvalue weighted by Crippen LogP contribution is 2.37. The second-order valence-corrected chi connectivity index (χ2v) is 7.02. The van der Waals surface area contributed by atoms with Gasteiger partial charge in [0.15, 0.2) is 0 Å². The molecule has 3 aromatic rings. The number of nitrogens with one attached hydrogen (secondary N) is 2. The average molecular weight is 370 g/mol. The number of anilines is 1. The molecular weight excluding hydrogens is 348 g/mol. The number of carbonyl (C=O) groups is 2. The van der Waals surface area contributed by atoms with E-state index in [9.17, 15) is 9.59 Å². The Hall–Kier alpha value is -3.40. The van der Waals surface area contributed by atoms with Crippen molar-refractivity contribution in [2.45, 2.75) is 19.3 Å². The molecule has 0 heterocycles. The summed E-state index contributed by atoms with van der Waals surface area (Å²) in [5.74, 6) is -0.176. The summed E-state index contributed by atoms with van der Waals surface area (Å²) in [6, 6.07) is 24.0. The van der Waals surface area contributed by atoms with E-state index in [2.05, 4.69) is 41.0 Å². The van der Waals surface area contributed by atoms with E-state index in [1.54, 1.807) is 0 Å². The molecule has 0 aliphatic heterocycles. The summed E-state index contributed by atoms with van der Waals surface area (Å²) >= 11 is 0. The van der Waals surface area contributed by atoms with Gasteiger partial charge in [-0.2, -0.15) is 0 Å². The van der Waals surface area contributed by atoms with Crippen molar-refractivity contribution in [1.29, 1.82) is 0 Å². The quantitative estimate of drug-likeness (QED) is 0.540. The van der Waals surface area contributed by atoms with Crippen LogP contribution in [0.15, 0.2) is 72.8 Å². The molecule has 3 aromatic carbocycles. The molecule has 1 aliphatic carbocycles. The van der Waals surface area contributed by atoms with Gasteiger partial charge < -0.3 is 10.6 Å². The van der Waals surface area contributed by atoms with Gasteiger partial charge in [0.1, 0.15) is 0 Å². The first-order valence-corrected chi connectivity index (χ1v) is 9.51. The van der Waals surface area contributed by atoms with Gasteiger partial charge in [-0.1, -0.05) is 60.7 Å². The highest BCUT2D eigenvalue weighted by atomic mass is 16.2. The van der Waals surface area contributed by atoms with Gasteiger partial charge in [0, 0.05) is 18.7 Å². The normalized spacial score (nSPS) is 11.4. The standard InChI is InChI=1S/C24H22N2O2/c27-23(12-13-25-24(28)14-17-6-2-1-3-7-17)26-20-10-11-22-19(16-20)15-18-8-4-5-9-21(18)22/h1-11,16H,12-15H2,(H,25,28)(H,26,27). The topological polar surface area (TPSA) is 58.2 Å². The zero-order chi connectivity index (χ0) is 19.3. The van der Waals surface area contributed by atoms with Crippen LogP contribution in [0.5, 0.6) is 0 Å². The van der Waals surface area contributed by atoms with E-state index in [0.29, 0.717) is 13.0 Å². The maximum Gasteiger partial charge on any atom is 0.226 e. The van der Waals surface area contributed by atoms with Crippen molar-refractivity contribution in [2.75, 3.05) is 11.9 Å². The molecule has 0 atom stereocenters. The van der Waals surface area contributed by atoms with Crippen LogP contribution < -0.4 is 10.6 Å². The van der Waals surface area contributed by atoms with E-state index >= 15 is 0 Å². The van der Waals surface area contributed by atoms with Crippen LogP contribution in [0.2, 0.25) is 0 Å². The Labute approximate surface area is 164 Å². The predicted molar refractivity (Wildman–Crippen MR) is 111 cm³/mol. The van der Waals surface area contributed by atoms with Gasteiger partial charge >= 0.3 is 0 Å².